The average molecular weight is 262 g/mol. The average Bonchev–Trinajstić information content (AvgIpc) is 2.42. The molecule has 0 aromatic heterocycles. The first-order valence-electron chi connectivity index (χ1n) is 6.62. The van der Waals surface area contributed by atoms with Crippen molar-refractivity contribution < 1.29 is 9.13 Å². The van der Waals surface area contributed by atoms with Gasteiger partial charge in [-0.25, -0.2) is 4.39 Å². The Bertz CT molecular complexity index is 468. The van der Waals surface area contributed by atoms with Crippen LogP contribution in [0.25, 0.3) is 0 Å². The van der Waals surface area contributed by atoms with Crippen LogP contribution in [0.4, 0.5) is 4.39 Å². The highest BCUT2D eigenvalue weighted by molar-refractivity contribution is 5.34. The fourth-order valence-corrected chi connectivity index (χ4v) is 2.68. The number of ether oxygens (including phenoxy) is 1. The zero-order valence-electron chi connectivity index (χ0n) is 11.2. The smallest absolute Gasteiger partial charge is 0.140 e. The lowest BCUT2D eigenvalue weighted by Crippen LogP contribution is -2.36. The Morgan fingerprint density at radius 1 is 1.53 bits per heavy atom. The van der Waals surface area contributed by atoms with E-state index in [9.17, 15) is 4.39 Å². The Hall–Kier alpha value is -1.44. The highest BCUT2D eigenvalue weighted by Crippen LogP contribution is 2.19. The summed E-state index contributed by atoms with van der Waals surface area (Å²) in [5.74, 6) is 0.136. The molecule has 1 fully saturated rings. The standard InChI is InChI=1S/C15H19FN2O/c1-19-11-13-3-2-6-18(10-13)9-12-4-5-15(16)14(7-12)8-17/h4-5,7,13H,2-3,6,9-11H2,1H3. The lowest BCUT2D eigenvalue weighted by atomic mass is 9.98. The molecule has 2 rings (SSSR count). The van der Waals surface area contributed by atoms with Crippen LogP contribution in [0.5, 0.6) is 0 Å². The summed E-state index contributed by atoms with van der Waals surface area (Å²) in [5, 5.41) is 8.84. The molecule has 1 aromatic carbocycles. The second-order valence-electron chi connectivity index (χ2n) is 5.12. The van der Waals surface area contributed by atoms with Crippen molar-refractivity contribution in [1.29, 1.82) is 5.26 Å². The van der Waals surface area contributed by atoms with Crippen LogP contribution in [0.15, 0.2) is 18.2 Å². The summed E-state index contributed by atoms with van der Waals surface area (Å²) in [6.45, 7) is 3.63. The number of likely N-dealkylation sites (tertiary alicyclic amines) is 1. The number of halogens is 1. The molecule has 1 aromatic rings. The van der Waals surface area contributed by atoms with Gasteiger partial charge in [-0.05, 0) is 43.0 Å². The second-order valence-corrected chi connectivity index (χ2v) is 5.12. The van der Waals surface area contributed by atoms with Gasteiger partial charge in [-0.15, -0.1) is 0 Å². The van der Waals surface area contributed by atoms with Crippen molar-refractivity contribution in [1.82, 2.24) is 4.90 Å². The molecule has 0 saturated carbocycles. The summed E-state index contributed by atoms with van der Waals surface area (Å²) in [6.07, 6.45) is 2.37. The van der Waals surface area contributed by atoms with Crippen molar-refractivity contribution in [2.24, 2.45) is 5.92 Å². The van der Waals surface area contributed by atoms with E-state index in [0.717, 1.165) is 31.8 Å². The van der Waals surface area contributed by atoms with Crippen molar-refractivity contribution in [3.05, 3.63) is 35.1 Å². The molecule has 1 atom stereocenters. The number of methoxy groups -OCH3 is 1. The van der Waals surface area contributed by atoms with Crippen LogP contribution >= 0.6 is 0 Å². The maximum absolute atomic E-state index is 13.3. The topological polar surface area (TPSA) is 36.3 Å². The van der Waals surface area contributed by atoms with Crippen LogP contribution in [0.2, 0.25) is 0 Å². The van der Waals surface area contributed by atoms with Gasteiger partial charge in [0.25, 0.3) is 0 Å². The van der Waals surface area contributed by atoms with Gasteiger partial charge in [-0.1, -0.05) is 6.07 Å². The molecule has 0 radical (unpaired) electrons. The number of rotatable bonds is 4. The molecule has 4 heteroatoms. The zero-order chi connectivity index (χ0) is 13.7. The van der Waals surface area contributed by atoms with E-state index >= 15 is 0 Å². The Morgan fingerprint density at radius 2 is 2.37 bits per heavy atom. The van der Waals surface area contributed by atoms with E-state index in [0.29, 0.717) is 5.92 Å². The predicted octanol–water partition coefficient (Wildman–Crippen LogP) is 2.56. The van der Waals surface area contributed by atoms with Gasteiger partial charge in [-0.3, -0.25) is 4.90 Å². The van der Waals surface area contributed by atoms with E-state index in [4.69, 9.17) is 10.00 Å². The molecule has 0 aliphatic carbocycles. The first-order valence-corrected chi connectivity index (χ1v) is 6.62. The highest BCUT2D eigenvalue weighted by Gasteiger charge is 2.19. The Kier molecular flexibility index (Phi) is 4.89. The number of nitrogens with zero attached hydrogens (tertiary/aromatic N) is 2. The third-order valence-electron chi connectivity index (χ3n) is 3.56. The monoisotopic (exact) mass is 262 g/mol. The quantitative estimate of drug-likeness (QED) is 0.836. The number of hydrogen-bond donors (Lipinski definition) is 0. The Morgan fingerprint density at radius 3 is 3.11 bits per heavy atom. The Balaban J connectivity index is 1.99. The van der Waals surface area contributed by atoms with Gasteiger partial charge in [0, 0.05) is 20.2 Å². The van der Waals surface area contributed by atoms with Gasteiger partial charge in [0.15, 0.2) is 0 Å². The molecular weight excluding hydrogens is 243 g/mol. The van der Waals surface area contributed by atoms with Crippen LogP contribution in [-0.4, -0.2) is 31.7 Å². The summed E-state index contributed by atoms with van der Waals surface area (Å²) >= 11 is 0. The van der Waals surface area contributed by atoms with Gasteiger partial charge in [0.05, 0.1) is 12.2 Å². The zero-order valence-corrected chi connectivity index (χ0v) is 11.2. The van der Waals surface area contributed by atoms with E-state index in [1.54, 1.807) is 19.2 Å². The van der Waals surface area contributed by atoms with Crippen LogP contribution in [0, 0.1) is 23.1 Å². The fourth-order valence-electron chi connectivity index (χ4n) is 2.68. The largest absolute Gasteiger partial charge is 0.384 e. The number of nitriles is 1. The highest BCUT2D eigenvalue weighted by atomic mass is 19.1. The molecule has 3 nitrogen and oxygen atoms in total. The van der Waals surface area contributed by atoms with E-state index in [1.807, 2.05) is 6.07 Å². The molecule has 1 unspecified atom stereocenters. The van der Waals surface area contributed by atoms with Gasteiger partial charge in [0.2, 0.25) is 0 Å². The lowest BCUT2D eigenvalue weighted by Gasteiger charge is -2.32. The minimum absolute atomic E-state index is 0.128. The van der Waals surface area contributed by atoms with Gasteiger partial charge in [0.1, 0.15) is 11.9 Å². The molecule has 1 aliphatic heterocycles. The molecular formula is C15H19FN2O. The first kappa shape index (κ1) is 14.0. The fraction of sp³-hybridized carbons (Fsp3) is 0.533. The molecule has 1 saturated heterocycles. The summed E-state index contributed by atoms with van der Waals surface area (Å²) in [4.78, 5) is 2.35. The molecule has 102 valence electrons. The molecule has 0 amide bonds. The number of hydrogen-bond acceptors (Lipinski definition) is 3. The molecule has 0 spiro atoms. The minimum Gasteiger partial charge on any atom is -0.384 e. The van der Waals surface area contributed by atoms with Crippen molar-refractivity contribution in [3.8, 4) is 6.07 Å². The number of piperidine rings is 1. The van der Waals surface area contributed by atoms with E-state index < -0.39 is 5.82 Å². The van der Waals surface area contributed by atoms with Crippen molar-refractivity contribution in [2.45, 2.75) is 19.4 Å². The van der Waals surface area contributed by atoms with E-state index in [-0.39, 0.29) is 5.56 Å². The predicted molar refractivity (Wildman–Crippen MR) is 71.0 cm³/mol. The second kappa shape index (κ2) is 6.65. The van der Waals surface area contributed by atoms with Crippen LogP contribution in [0.1, 0.15) is 24.0 Å². The maximum Gasteiger partial charge on any atom is 0.140 e. The molecule has 19 heavy (non-hydrogen) atoms. The first-order chi connectivity index (χ1) is 9.22. The normalized spacial score (nSPS) is 20.2. The summed E-state index contributed by atoms with van der Waals surface area (Å²) in [5.41, 5.74) is 1.12. The van der Waals surface area contributed by atoms with Gasteiger partial charge >= 0.3 is 0 Å². The molecule has 0 bridgehead atoms. The molecule has 1 aliphatic rings. The lowest BCUT2D eigenvalue weighted by molar-refractivity contribution is 0.0873. The van der Waals surface area contributed by atoms with Gasteiger partial charge < -0.3 is 4.74 Å². The Labute approximate surface area is 113 Å². The van der Waals surface area contributed by atoms with Crippen LogP contribution in [-0.2, 0) is 11.3 Å². The van der Waals surface area contributed by atoms with Crippen LogP contribution in [0.3, 0.4) is 0 Å². The third-order valence-corrected chi connectivity index (χ3v) is 3.56. The summed E-state index contributed by atoms with van der Waals surface area (Å²) in [7, 11) is 1.73. The molecule has 0 N–H and O–H groups in total. The summed E-state index contributed by atoms with van der Waals surface area (Å²) < 4.78 is 18.5. The third kappa shape index (κ3) is 3.76. The van der Waals surface area contributed by atoms with Crippen molar-refractivity contribution in [3.63, 3.8) is 0 Å². The van der Waals surface area contributed by atoms with E-state index in [1.165, 1.54) is 18.9 Å². The van der Waals surface area contributed by atoms with Gasteiger partial charge in [-0.2, -0.15) is 5.26 Å². The minimum atomic E-state index is -0.442. The number of benzene rings is 1. The van der Waals surface area contributed by atoms with E-state index in [2.05, 4.69) is 4.90 Å². The SMILES string of the molecule is COCC1CCCN(Cc2ccc(F)c(C#N)c2)C1. The van der Waals surface area contributed by atoms with Crippen LogP contribution < -0.4 is 0 Å². The summed E-state index contributed by atoms with van der Waals surface area (Å²) in [6, 6.07) is 6.68. The maximum atomic E-state index is 13.3. The molecule has 1 heterocycles. The van der Waals surface area contributed by atoms with Crippen molar-refractivity contribution >= 4 is 0 Å². The van der Waals surface area contributed by atoms with Crippen molar-refractivity contribution in [2.75, 3.05) is 26.8 Å².